The first-order chi connectivity index (χ1) is 3.91. The summed E-state index contributed by atoms with van der Waals surface area (Å²) in [6.07, 6.45) is 0. The number of thioether (sulfide) groups is 1. The minimum atomic E-state index is 0.398. The van der Waals surface area contributed by atoms with Crippen LogP contribution < -0.4 is 0 Å². The predicted octanol–water partition coefficient (Wildman–Crippen LogP) is 1.51. The van der Waals surface area contributed by atoms with Crippen molar-refractivity contribution in [1.29, 1.82) is 5.26 Å². The number of nitriles is 1. The first kappa shape index (κ1) is 7.15. The summed E-state index contributed by atoms with van der Waals surface area (Å²) in [5.74, 6) is 0.584. The van der Waals surface area contributed by atoms with Gasteiger partial charge in [0.15, 0.2) is 0 Å². The third-order valence-corrected chi connectivity index (χ3v) is 0.937. The topological polar surface area (TPSA) is 72.5 Å². The molecule has 0 bridgehead atoms. The zero-order valence-corrected chi connectivity index (χ0v) is 4.93. The Morgan fingerprint density at radius 3 is 3.12 bits per heavy atom. The molecule has 5 heteroatoms. The molecule has 0 N–H and O–H groups in total. The van der Waals surface area contributed by atoms with Crippen LogP contribution in [0.2, 0.25) is 0 Å². The molecule has 42 valence electrons. The summed E-state index contributed by atoms with van der Waals surface area (Å²) in [4.78, 5) is 2.51. The van der Waals surface area contributed by atoms with Gasteiger partial charge in [-0.3, -0.25) is 0 Å². The first-order valence-corrected chi connectivity index (χ1v) is 2.92. The van der Waals surface area contributed by atoms with E-state index < -0.39 is 0 Å². The fourth-order valence-corrected chi connectivity index (χ4v) is 0.441. The molecule has 0 radical (unpaired) electrons. The fourth-order valence-electron chi connectivity index (χ4n) is 0.177. The van der Waals surface area contributed by atoms with E-state index in [4.69, 9.17) is 10.8 Å². The first-order valence-electron chi connectivity index (χ1n) is 1.93. The Kier molecular flexibility index (Phi) is 5.50. The van der Waals surface area contributed by atoms with Crippen molar-refractivity contribution < 1.29 is 0 Å². The maximum absolute atomic E-state index is 7.94. The molecule has 0 aromatic carbocycles. The Balaban J connectivity index is 2.96. The van der Waals surface area contributed by atoms with Gasteiger partial charge in [-0.2, -0.15) is 5.26 Å². The number of hydrogen-bond donors (Lipinski definition) is 0. The van der Waals surface area contributed by atoms with E-state index in [1.165, 1.54) is 0 Å². The summed E-state index contributed by atoms with van der Waals surface area (Å²) in [5, 5.41) is 13.0. The maximum Gasteiger partial charge on any atom is 0.133 e. The molecule has 0 aliphatic rings. The molecule has 0 fully saturated rings. The van der Waals surface area contributed by atoms with Crippen LogP contribution in [0.1, 0.15) is 0 Å². The fraction of sp³-hybridized carbons (Fsp3) is 0.667. The Morgan fingerprint density at radius 1 is 1.88 bits per heavy atom. The standard InChI is InChI=1S/C3H4N4S/c4-3-8-2-1-6-7-5/h1-2H2. The zero-order chi connectivity index (χ0) is 6.24. The third-order valence-electron chi connectivity index (χ3n) is 0.421. The molecule has 0 saturated carbocycles. The average molecular weight is 128 g/mol. The Morgan fingerprint density at radius 2 is 2.62 bits per heavy atom. The smallest absolute Gasteiger partial charge is 0.133 e. The number of hydrogen-bond acceptors (Lipinski definition) is 3. The van der Waals surface area contributed by atoms with Gasteiger partial charge in [0.05, 0.1) is 0 Å². The van der Waals surface area contributed by atoms with Crippen molar-refractivity contribution in [2.24, 2.45) is 5.11 Å². The van der Waals surface area contributed by atoms with Crippen LogP contribution in [0.15, 0.2) is 5.11 Å². The van der Waals surface area contributed by atoms with Gasteiger partial charge in [0.25, 0.3) is 0 Å². The van der Waals surface area contributed by atoms with Crippen LogP contribution in [0.25, 0.3) is 10.4 Å². The van der Waals surface area contributed by atoms with Crippen LogP contribution in [0.3, 0.4) is 0 Å². The monoisotopic (exact) mass is 128 g/mol. The van der Waals surface area contributed by atoms with Gasteiger partial charge in [-0.05, 0) is 17.3 Å². The minimum absolute atomic E-state index is 0.398. The van der Waals surface area contributed by atoms with Crippen LogP contribution in [-0.4, -0.2) is 12.3 Å². The molecule has 0 spiro atoms. The molecule has 4 nitrogen and oxygen atoms in total. The maximum atomic E-state index is 7.94. The molecule has 0 aromatic rings. The van der Waals surface area contributed by atoms with Crippen molar-refractivity contribution in [1.82, 2.24) is 0 Å². The lowest BCUT2D eigenvalue weighted by Gasteiger charge is -1.78. The van der Waals surface area contributed by atoms with Crippen molar-refractivity contribution in [2.45, 2.75) is 0 Å². The highest BCUT2D eigenvalue weighted by Crippen LogP contribution is 1.93. The van der Waals surface area contributed by atoms with E-state index >= 15 is 0 Å². The lowest BCUT2D eigenvalue weighted by atomic mass is 10.8. The van der Waals surface area contributed by atoms with Gasteiger partial charge in [-0.25, -0.2) is 0 Å². The molecule has 0 aromatic heterocycles. The normalized spacial score (nSPS) is 6.88. The molecular formula is C3H4N4S. The summed E-state index contributed by atoms with van der Waals surface area (Å²) >= 11 is 1.09. The van der Waals surface area contributed by atoms with E-state index in [1.807, 2.05) is 5.40 Å². The second-order valence-electron chi connectivity index (χ2n) is 0.894. The van der Waals surface area contributed by atoms with E-state index in [0.29, 0.717) is 12.3 Å². The van der Waals surface area contributed by atoms with Gasteiger partial charge in [0, 0.05) is 17.2 Å². The van der Waals surface area contributed by atoms with E-state index in [2.05, 4.69) is 10.0 Å². The number of thiocyanates is 1. The van der Waals surface area contributed by atoms with Crippen molar-refractivity contribution in [3.05, 3.63) is 10.4 Å². The minimum Gasteiger partial charge on any atom is -0.185 e. The lowest BCUT2D eigenvalue weighted by molar-refractivity contribution is 1.12. The molecule has 0 unspecified atom stereocenters. The molecule has 0 atom stereocenters. The SMILES string of the molecule is N#CSCCN=[N+]=[N-]. The molecule has 0 rings (SSSR count). The average Bonchev–Trinajstić information content (AvgIpc) is 1.81. The number of azide groups is 1. The molecule has 0 amide bonds. The molecule has 0 heterocycles. The molecule has 0 aliphatic heterocycles. The summed E-state index contributed by atoms with van der Waals surface area (Å²) < 4.78 is 0. The van der Waals surface area contributed by atoms with Crippen LogP contribution in [0, 0.1) is 10.7 Å². The van der Waals surface area contributed by atoms with E-state index in [1.54, 1.807) is 0 Å². The summed E-state index contributed by atoms with van der Waals surface area (Å²) in [7, 11) is 0. The molecule has 8 heavy (non-hydrogen) atoms. The predicted molar refractivity (Wildman–Crippen MR) is 32.1 cm³/mol. The van der Waals surface area contributed by atoms with Gasteiger partial charge in [0.2, 0.25) is 0 Å². The Labute approximate surface area is 51.1 Å². The highest BCUT2D eigenvalue weighted by molar-refractivity contribution is 8.03. The summed E-state index contributed by atoms with van der Waals surface area (Å²) in [6.45, 7) is 0.398. The lowest BCUT2D eigenvalue weighted by Crippen LogP contribution is -1.78. The highest BCUT2D eigenvalue weighted by atomic mass is 32.2. The van der Waals surface area contributed by atoms with Crippen molar-refractivity contribution >= 4 is 11.8 Å². The zero-order valence-electron chi connectivity index (χ0n) is 4.11. The van der Waals surface area contributed by atoms with Crippen LogP contribution in [-0.2, 0) is 0 Å². The third kappa shape index (κ3) is 5.15. The van der Waals surface area contributed by atoms with Crippen molar-refractivity contribution in [3.63, 3.8) is 0 Å². The Hall–Kier alpha value is -0.850. The number of rotatable bonds is 3. The van der Waals surface area contributed by atoms with Crippen molar-refractivity contribution in [2.75, 3.05) is 12.3 Å². The second kappa shape index (κ2) is 6.15. The van der Waals surface area contributed by atoms with E-state index in [-0.39, 0.29) is 0 Å². The summed E-state index contributed by atoms with van der Waals surface area (Å²) in [5.41, 5.74) is 7.73. The second-order valence-corrected chi connectivity index (χ2v) is 1.77. The number of nitrogens with zero attached hydrogens (tertiary/aromatic N) is 4. The van der Waals surface area contributed by atoms with Crippen LogP contribution in [0.4, 0.5) is 0 Å². The van der Waals surface area contributed by atoms with Gasteiger partial charge < -0.3 is 0 Å². The molecule has 0 saturated heterocycles. The van der Waals surface area contributed by atoms with E-state index in [0.717, 1.165) is 11.8 Å². The Bertz CT molecular complexity index is 131. The molecular weight excluding hydrogens is 124 g/mol. The van der Waals surface area contributed by atoms with Gasteiger partial charge in [0.1, 0.15) is 5.40 Å². The van der Waals surface area contributed by atoms with Crippen LogP contribution in [0.5, 0.6) is 0 Å². The van der Waals surface area contributed by atoms with Gasteiger partial charge in [-0.15, -0.1) is 0 Å². The van der Waals surface area contributed by atoms with Gasteiger partial charge >= 0.3 is 0 Å². The summed E-state index contributed by atoms with van der Waals surface area (Å²) in [6, 6.07) is 0. The quantitative estimate of drug-likeness (QED) is 0.190. The highest BCUT2D eigenvalue weighted by Gasteiger charge is 1.79. The van der Waals surface area contributed by atoms with Crippen molar-refractivity contribution in [3.8, 4) is 5.40 Å². The largest absolute Gasteiger partial charge is 0.185 e. The van der Waals surface area contributed by atoms with Gasteiger partial charge in [-0.1, -0.05) is 5.11 Å². The van der Waals surface area contributed by atoms with Crippen LogP contribution >= 0.6 is 11.8 Å². The van der Waals surface area contributed by atoms with E-state index in [9.17, 15) is 0 Å². The molecule has 0 aliphatic carbocycles.